The summed E-state index contributed by atoms with van der Waals surface area (Å²) in [6.45, 7) is 0. The maximum atomic E-state index is 9.93. The number of phenolic OH excluding ortho intramolecular Hbond substituents is 1. The van der Waals surface area contributed by atoms with Crippen LogP contribution in [0.5, 0.6) is 5.75 Å². The molecule has 86 valence electrons. The first-order valence-corrected chi connectivity index (χ1v) is 5.20. The summed E-state index contributed by atoms with van der Waals surface area (Å²) < 4.78 is 5.28. The first kappa shape index (κ1) is 11.3. The number of aliphatic hydroxyl groups excluding tert-OH is 1. The Labute approximate surface area is 99.3 Å². The molecule has 17 heavy (non-hydrogen) atoms. The molecule has 1 atom stereocenters. The number of phenols is 1. The number of hydrogen-bond acceptors (Lipinski definition) is 3. The lowest BCUT2D eigenvalue weighted by Crippen LogP contribution is -1.98. The van der Waals surface area contributed by atoms with Gasteiger partial charge in [-0.05, 0) is 35.9 Å². The van der Waals surface area contributed by atoms with Crippen LogP contribution < -0.4 is 0 Å². The van der Waals surface area contributed by atoms with Crippen molar-refractivity contribution in [2.24, 2.45) is 0 Å². The fourth-order valence-corrected chi connectivity index (χ4v) is 1.70. The van der Waals surface area contributed by atoms with Gasteiger partial charge in [0.2, 0.25) is 0 Å². The highest BCUT2D eigenvalue weighted by atomic mass is 16.3. The first-order valence-electron chi connectivity index (χ1n) is 5.20. The van der Waals surface area contributed by atoms with Gasteiger partial charge in [0, 0.05) is 12.0 Å². The fourth-order valence-electron chi connectivity index (χ4n) is 1.70. The summed E-state index contributed by atoms with van der Waals surface area (Å²) in [6, 6.07) is 8.30. The molecule has 1 aromatic carbocycles. The molecule has 0 spiro atoms. The SMILES string of the molecule is C#CCC(O)c1cc(O)ccc1-c1ccco1. The molecule has 0 bridgehead atoms. The molecule has 3 nitrogen and oxygen atoms in total. The van der Waals surface area contributed by atoms with Gasteiger partial charge in [-0.3, -0.25) is 0 Å². The lowest BCUT2D eigenvalue weighted by atomic mass is 9.98. The monoisotopic (exact) mass is 228 g/mol. The highest BCUT2D eigenvalue weighted by molar-refractivity contribution is 5.64. The van der Waals surface area contributed by atoms with Gasteiger partial charge in [-0.15, -0.1) is 12.3 Å². The van der Waals surface area contributed by atoms with Gasteiger partial charge in [-0.25, -0.2) is 0 Å². The van der Waals surface area contributed by atoms with Gasteiger partial charge < -0.3 is 14.6 Å². The number of aliphatic hydroxyl groups is 1. The molecule has 3 heteroatoms. The van der Waals surface area contributed by atoms with Crippen molar-refractivity contribution in [3.05, 3.63) is 42.2 Å². The van der Waals surface area contributed by atoms with E-state index >= 15 is 0 Å². The predicted molar refractivity (Wildman–Crippen MR) is 64.2 cm³/mol. The van der Waals surface area contributed by atoms with Crippen LogP contribution in [0.1, 0.15) is 18.1 Å². The Morgan fingerprint density at radius 2 is 2.18 bits per heavy atom. The molecule has 0 aliphatic heterocycles. The zero-order valence-electron chi connectivity index (χ0n) is 9.13. The minimum Gasteiger partial charge on any atom is -0.508 e. The van der Waals surface area contributed by atoms with E-state index in [1.165, 1.54) is 6.07 Å². The van der Waals surface area contributed by atoms with Crippen LogP contribution in [0, 0.1) is 12.3 Å². The minimum atomic E-state index is -0.813. The van der Waals surface area contributed by atoms with Crippen LogP contribution in [-0.2, 0) is 0 Å². The van der Waals surface area contributed by atoms with Crippen LogP contribution in [-0.4, -0.2) is 10.2 Å². The van der Waals surface area contributed by atoms with Crippen LogP contribution >= 0.6 is 0 Å². The van der Waals surface area contributed by atoms with Crippen molar-refractivity contribution in [3.8, 4) is 29.4 Å². The van der Waals surface area contributed by atoms with E-state index in [1.807, 2.05) is 0 Å². The smallest absolute Gasteiger partial charge is 0.134 e. The molecule has 0 saturated heterocycles. The second kappa shape index (κ2) is 4.77. The van der Waals surface area contributed by atoms with Gasteiger partial charge in [-0.1, -0.05) is 0 Å². The van der Waals surface area contributed by atoms with Gasteiger partial charge in [0.1, 0.15) is 11.5 Å². The Bertz CT molecular complexity index is 535. The molecule has 0 aliphatic rings. The molecule has 0 radical (unpaired) electrons. The summed E-state index contributed by atoms with van der Waals surface area (Å²) in [4.78, 5) is 0. The molecule has 2 N–H and O–H groups in total. The van der Waals surface area contributed by atoms with Crippen LogP contribution in [0.15, 0.2) is 41.0 Å². The number of rotatable bonds is 3. The molecule has 0 fully saturated rings. The Kier molecular flexibility index (Phi) is 3.17. The van der Waals surface area contributed by atoms with E-state index in [9.17, 15) is 10.2 Å². The second-order valence-corrected chi connectivity index (χ2v) is 3.67. The van der Waals surface area contributed by atoms with Crippen molar-refractivity contribution in [2.45, 2.75) is 12.5 Å². The van der Waals surface area contributed by atoms with E-state index in [-0.39, 0.29) is 12.2 Å². The van der Waals surface area contributed by atoms with Crippen LogP contribution in [0.3, 0.4) is 0 Å². The maximum Gasteiger partial charge on any atom is 0.134 e. The Morgan fingerprint density at radius 1 is 1.35 bits per heavy atom. The molecule has 1 aromatic heterocycles. The largest absolute Gasteiger partial charge is 0.508 e. The van der Waals surface area contributed by atoms with Crippen molar-refractivity contribution in [3.63, 3.8) is 0 Å². The predicted octanol–water partition coefficient (Wildman–Crippen LogP) is 2.71. The molecular formula is C14H12O3. The number of hydrogen-bond donors (Lipinski definition) is 2. The molecule has 0 aliphatic carbocycles. The topological polar surface area (TPSA) is 53.6 Å². The molecule has 0 amide bonds. The van der Waals surface area contributed by atoms with Crippen LogP contribution in [0.25, 0.3) is 11.3 Å². The van der Waals surface area contributed by atoms with E-state index in [2.05, 4.69) is 5.92 Å². The highest BCUT2D eigenvalue weighted by Gasteiger charge is 2.15. The van der Waals surface area contributed by atoms with Crippen molar-refractivity contribution in [1.82, 2.24) is 0 Å². The van der Waals surface area contributed by atoms with Gasteiger partial charge in [0.25, 0.3) is 0 Å². The molecule has 1 heterocycles. The van der Waals surface area contributed by atoms with Crippen LogP contribution in [0.2, 0.25) is 0 Å². The van der Waals surface area contributed by atoms with Crippen molar-refractivity contribution >= 4 is 0 Å². The summed E-state index contributed by atoms with van der Waals surface area (Å²) in [5, 5.41) is 19.4. The average Bonchev–Trinajstić information content (AvgIpc) is 2.82. The average molecular weight is 228 g/mol. The van der Waals surface area contributed by atoms with Gasteiger partial charge in [-0.2, -0.15) is 0 Å². The summed E-state index contributed by atoms with van der Waals surface area (Å²) in [5.41, 5.74) is 1.30. The van der Waals surface area contributed by atoms with Crippen molar-refractivity contribution < 1.29 is 14.6 Å². The Balaban J connectivity index is 2.49. The van der Waals surface area contributed by atoms with E-state index in [1.54, 1.807) is 30.5 Å². The first-order chi connectivity index (χ1) is 8.22. The third-order valence-electron chi connectivity index (χ3n) is 2.49. The minimum absolute atomic E-state index is 0.0892. The summed E-state index contributed by atoms with van der Waals surface area (Å²) in [5.74, 6) is 3.12. The summed E-state index contributed by atoms with van der Waals surface area (Å²) in [6.07, 6.45) is 6.11. The molecule has 1 unspecified atom stereocenters. The third kappa shape index (κ3) is 2.32. The molecule has 0 saturated carbocycles. The summed E-state index contributed by atoms with van der Waals surface area (Å²) in [7, 11) is 0. The lowest BCUT2D eigenvalue weighted by molar-refractivity contribution is 0.184. The van der Waals surface area contributed by atoms with Crippen LogP contribution in [0.4, 0.5) is 0 Å². The standard InChI is InChI=1S/C14H12O3/c1-2-4-13(16)12-9-10(15)6-7-11(12)14-5-3-8-17-14/h1,3,5-9,13,15-16H,4H2. The summed E-state index contributed by atoms with van der Waals surface area (Å²) >= 11 is 0. The maximum absolute atomic E-state index is 9.93. The highest BCUT2D eigenvalue weighted by Crippen LogP contribution is 2.32. The number of terminal acetylenes is 1. The normalized spacial score (nSPS) is 12.0. The van der Waals surface area contributed by atoms with E-state index in [4.69, 9.17) is 10.8 Å². The molecular weight excluding hydrogens is 216 g/mol. The van der Waals surface area contributed by atoms with E-state index < -0.39 is 6.10 Å². The lowest BCUT2D eigenvalue weighted by Gasteiger charge is -2.12. The van der Waals surface area contributed by atoms with Gasteiger partial charge in [0.15, 0.2) is 0 Å². The van der Waals surface area contributed by atoms with Gasteiger partial charge >= 0.3 is 0 Å². The fraction of sp³-hybridized carbons (Fsp3) is 0.143. The number of benzene rings is 1. The Hall–Kier alpha value is -2.18. The number of aromatic hydroxyl groups is 1. The van der Waals surface area contributed by atoms with Crippen molar-refractivity contribution in [2.75, 3.05) is 0 Å². The number of furan rings is 1. The van der Waals surface area contributed by atoms with E-state index in [0.29, 0.717) is 11.3 Å². The van der Waals surface area contributed by atoms with E-state index in [0.717, 1.165) is 5.56 Å². The molecule has 2 aromatic rings. The zero-order chi connectivity index (χ0) is 12.3. The second-order valence-electron chi connectivity index (χ2n) is 3.67. The van der Waals surface area contributed by atoms with Crippen molar-refractivity contribution in [1.29, 1.82) is 0 Å². The Morgan fingerprint density at radius 3 is 2.82 bits per heavy atom. The molecule has 2 rings (SSSR count). The zero-order valence-corrected chi connectivity index (χ0v) is 9.13. The van der Waals surface area contributed by atoms with Gasteiger partial charge in [0.05, 0.1) is 12.4 Å². The quantitative estimate of drug-likeness (QED) is 0.794. The third-order valence-corrected chi connectivity index (χ3v) is 2.49.